The van der Waals surface area contributed by atoms with Gasteiger partial charge in [0.1, 0.15) is 0 Å². The highest BCUT2D eigenvalue weighted by Crippen LogP contribution is 2.39. The molecule has 3 N–H and O–H groups in total. The summed E-state index contributed by atoms with van der Waals surface area (Å²) in [5.41, 5.74) is 11.7. The Morgan fingerprint density at radius 3 is 2.53 bits per heavy atom. The number of fused-ring (bicyclic) bond motifs is 3. The molecule has 180 valence electrons. The van der Waals surface area contributed by atoms with Gasteiger partial charge < -0.3 is 15.2 Å². The van der Waals surface area contributed by atoms with Gasteiger partial charge in [-0.15, -0.1) is 0 Å². The van der Waals surface area contributed by atoms with Gasteiger partial charge >= 0.3 is 0 Å². The maximum Gasteiger partial charge on any atom is 0.212 e. The number of guanidine groups is 1. The predicted molar refractivity (Wildman–Crippen MR) is 139 cm³/mol. The third-order valence-electron chi connectivity index (χ3n) is 6.25. The van der Waals surface area contributed by atoms with E-state index in [0.717, 1.165) is 33.4 Å². The summed E-state index contributed by atoms with van der Waals surface area (Å²) in [7, 11) is 3.24. The van der Waals surface area contributed by atoms with Gasteiger partial charge in [-0.2, -0.15) is 5.10 Å². The van der Waals surface area contributed by atoms with Gasteiger partial charge in [-0.25, -0.2) is 9.98 Å². The number of hydrogen-bond donors (Lipinski definition) is 2. The Hall–Kier alpha value is -4.79. The van der Waals surface area contributed by atoms with Crippen LogP contribution in [0.4, 0.5) is 5.95 Å². The molecule has 0 saturated heterocycles. The normalized spacial score (nSPS) is 14.7. The predicted octanol–water partition coefficient (Wildman–Crippen LogP) is 4.25. The average molecular weight is 480 g/mol. The lowest BCUT2D eigenvalue weighted by molar-refractivity contribution is 0.355. The summed E-state index contributed by atoms with van der Waals surface area (Å²) in [5, 5.41) is 8.10. The van der Waals surface area contributed by atoms with Crippen LogP contribution in [0.25, 0.3) is 22.3 Å². The lowest BCUT2D eigenvalue weighted by Crippen LogP contribution is -2.31. The zero-order valence-corrected chi connectivity index (χ0v) is 19.9. The van der Waals surface area contributed by atoms with E-state index in [2.05, 4.69) is 22.0 Å². The van der Waals surface area contributed by atoms with E-state index in [9.17, 15) is 0 Å². The molecule has 3 aromatic carbocycles. The van der Waals surface area contributed by atoms with Crippen molar-refractivity contribution < 1.29 is 9.47 Å². The average Bonchev–Trinajstić information content (AvgIpc) is 3.49. The maximum atomic E-state index is 6.22. The number of ether oxygens (including phenoxy) is 2. The maximum absolute atomic E-state index is 6.22. The highest BCUT2D eigenvalue weighted by molar-refractivity contribution is 5.95. The fourth-order valence-corrected chi connectivity index (χ4v) is 4.61. The second-order valence-corrected chi connectivity index (χ2v) is 8.49. The van der Waals surface area contributed by atoms with Gasteiger partial charge in [-0.05, 0) is 35.9 Å². The number of nitrogens with two attached hydrogens (primary N) is 1. The highest BCUT2D eigenvalue weighted by Gasteiger charge is 2.29. The van der Waals surface area contributed by atoms with Crippen molar-refractivity contribution in [3.8, 4) is 22.8 Å². The topological polar surface area (TPSA) is 105 Å². The monoisotopic (exact) mass is 479 g/mol. The van der Waals surface area contributed by atoms with Gasteiger partial charge in [0, 0.05) is 17.3 Å². The SMILES string of the molecule is COc1ccc(-c2nn(Cc3ccccc3)cc2C2N=C(N)Nc3nc4ccccc4n32)cc1OC. The Balaban J connectivity index is 1.54. The molecule has 1 aliphatic rings. The summed E-state index contributed by atoms with van der Waals surface area (Å²) in [6, 6.07) is 24.0. The van der Waals surface area contributed by atoms with Crippen LogP contribution in [-0.4, -0.2) is 39.5 Å². The van der Waals surface area contributed by atoms with Gasteiger partial charge in [-0.3, -0.25) is 14.6 Å². The lowest BCUT2D eigenvalue weighted by atomic mass is 10.1. The molecule has 0 aliphatic carbocycles. The van der Waals surface area contributed by atoms with E-state index in [-0.39, 0.29) is 0 Å². The van der Waals surface area contributed by atoms with Gasteiger partial charge in [0.25, 0.3) is 0 Å². The van der Waals surface area contributed by atoms with Crippen LogP contribution in [0.1, 0.15) is 17.3 Å². The molecule has 5 aromatic rings. The van der Waals surface area contributed by atoms with Crippen molar-refractivity contribution >= 4 is 22.9 Å². The van der Waals surface area contributed by atoms with Gasteiger partial charge in [0.05, 0.1) is 37.5 Å². The van der Waals surface area contributed by atoms with Crippen molar-refractivity contribution in [2.24, 2.45) is 10.7 Å². The van der Waals surface area contributed by atoms with Crippen LogP contribution in [0.5, 0.6) is 11.5 Å². The van der Waals surface area contributed by atoms with Crippen LogP contribution in [0, 0.1) is 0 Å². The molecule has 3 heterocycles. The van der Waals surface area contributed by atoms with E-state index in [1.165, 1.54) is 0 Å². The number of hydrogen-bond acceptors (Lipinski definition) is 7. The molecule has 9 heteroatoms. The second-order valence-electron chi connectivity index (χ2n) is 8.49. The summed E-state index contributed by atoms with van der Waals surface area (Å²) in [4.78, 5) is 9.53. The number of methoxy groups -OCH3 is 2. The number of anilines is 1. The third-order valence-corrected chi connectivity index (χ3v) is 6.25. The molecular formula is C27H25N7O2. The van der Waals surface area contributed by atoms with Crippen molar-refractivity contribution in [1.82, 2.24) is 19.3 Å². The van der Waals surface area contributed by atoms with E-state index in [4.69, 9.17) is 30.3 Å². The number of rotatable bonds is 6. The summed E-state index contributed by atoms with van der Waals surface area (Å²) in [6.45, 7) is 0.614. The summed E-state index contributed by atoms with van der Waals surface area (Å²) in [6.07, 6.45) is 1.57. The Bertz CT molecular complexity index is 1590. The number of para-hydroxylation sites is 2. The smallest absolute Gasteiger partial charge is 0.212 e. The van der Waals surface area contributed by atoms with E-state index in [1.807, 2.05) is 71.5 Å². The standard InChI is InChI=1S/C27H25N7O2/c1-35-22-13-12-18(14-23(22)36-2)24-19(16-33(32-24)15-17-8-4-3-5-9-17)25-30-26(28)31-27-29-20-10-6-7-11-21(20)34(25)27/h3-14,16,25H,15H2,1-2H3,(H3,28,29,30,31). The van der Waals surface area contributed by atoms with Crippen LogP contribution >= 0.6 is 0 Å². The number of nitrogens with zero attached hydrogens (tertiary/aromatic N) is 5. The molecule has 1 atom stereocenters. The quantitative estimate of drug-likeness (QED) is 0.377. The van der Waals surface area contributed by atoms with Crippen LogP contribution in [-0.2, 0) is 6.54 Å². The van der Waals surface area contributed by atoms with E-state index < -0.39 is 6.17 Å². The zero-order valence-electron chi connectivity index (χ0n) is 19.9. The van der Waals surface area contributed by atoms with Gasteiger partial charge in [-0.1, -0.05) is 42.5 Å². The summed E-state index contributed by atoms with van der Waals surface area (Å²) < 4.78 is 15.0. The minimum Gasteiger partial charge on any atom is -0.493 e. The summed E-state index contributed by atoms with van der Waals surface area (Å²) in [5.74, 6) is 2.22. The summed E-state index contributed by atoms with van der Waals surface area (Å²) >= 11 is 0. The molecule has 0 spiro atoms. The van der Waals surface area contributed by atoms with Gasteiger partial charge in [0.15, 0.2) is 23.6 Å². The number of benzene rings is 3. The highest BCUT2D eigenvalue weighted by atomic mass is 16.5. The van der Waals surface area contributed by atoms with Crippen molar-refractivity contribution in [2.45, 2.75) is 12.7 Å². The Kier molecular flexibility index (Phi) is 5.29. The zero-order chi connectivity index (χ0) is 24.6. The van der Waals surface area contributed by atoms with Crippen LogP contribution in [0.2, 0.25) is 0 Å². The first-order valence-corrected chi connectivity index (χ1v) is 11.6. The van der Waals surface area contributed by atoms with Crippen LogP contribution < -0.4 is 20.5 Å². The molecule has 6 rings (SSSR count). The first-order chi connectivity index (χ1) is 17.6. The van der Waals surface area contributed by atoms with E-state index in [1.54, 1.807) is 14.2 Å². The molecule has 0 fully saturated rings. The Morgan fingerprint density at radius 2 is 1.72 bits per heavy atom. The Morgan fingerprint density at radius 1 is 0.944 bits per heavy atom. The van der Waals surface area contributed by atoms with Crippen LogP contribution in [0.15, 0.2) is 84.0 Å². The van der Waals surface area contributed by atoms with Crippen molar-refractivity contribution in [1.29, 1.82) is 0 Å². The number of aliphatic imine (C=N–C) groups is 1. The molecule has 0 saturated carbocycles. The van der Waals surface area contributed by atoms with E-state index in [0.29, 0.717) is 30.0 Å². The lowest BCUT2D eigenvalue weighted by Gasteiger charge is -2.23. The number of nitrogens with one attached hydrogen (secondary N) is 1. The molecule has 0 amide bonds. The largest absolute Gasteiger partial charge is 0.493 e. The molecule has 0 radical (unpaired) electrons. The number of aromatic nitrogens is 4. The first kappa shape index (κ1) is 21.7. The third kappa shape index (κ3) is 3.70. The molecule has 9 nitrogen and oxygen atoms in total. The van der Waals surface area contributed by atoms with E-state index >= 15 is 0 Å². The van der Waals surface area contributed by atoms with Gasteiger partial charge in [0.2, 0.25) is 5.95 Å². The molecular weight excluding hydrogens is 454 g/mol. The number of imidazole rings is 1. The molecule has 1 aliphatic heterocycles. The van der Waals surface area contributed by atoms with Crippen molar-refractivity contribution in [3.05, 3.63) is 90.1 Å². The minimum atomic E-state index is -0.457. The molecule has 1 unspecified atom stereocenters. The molecule has 0 bridgehead atoms. The molecule has 36 heavy (non-hydrogen) atoms. The fourth-order valence-electron chi connectivity index (χ4n) is 4.61. The fraction of sp³-hybridized carbons (Fsp3) is 0.148. The Labute approximate surface area is 207 Å². The van der Waals surface area contributed by atoms with Crippen molar-refractivity contribution in [3.63, 3.8) is 0 Å². The minimum absolute atomic E-state index is 0.303. The molecule has 2 aromatic heterocycles. The second kappa shape index (κ2) is 8.77. The van der Waals surface area contributed by atoms with Crippen LogP contribution in [0.3, 0.4) is 0 Å². The first-order valence-electron chi connectivity index (χ1n) is 11.6. The van der Waals surface area contributed by atoms with Crippen molar-refractivity contribution in [2.75, 3.05) is 19.5 Å².